The number of aryl methyl sites for hydroxylation is 1. The number of benzene rings is 2. The third kappa shape index (κ3) is 16.6. The molecule has 0 bridgehead atoms. The molecule has 0 radical (unpaired) electrons. The zero-order chi connectivity index (χ0) is 32.7. The second-order valence-corrected chi connectivity index (χ2v) is 10.3. The van der Waals surface area contributed by atoms with Crippen molar-refractivity contribution in [3.05, 3.63) is 65.7 Å². The van der Waals surface area contributed by atoms with Gasteiger partial charge in [0.15, 0.2) is 0 Å². The molecule has 0 aliphatic heterocycles. The SMILES string of the molecule is CCCCCNC(=O)CNC(=O)[C@H](Cc1ccccc1)NCCCN(CC)CC.Cc1ccc(OC(C(=O)O)C(=O)O)cc1. The van der Waals surface area contributed by atoms with E-state index < -0.39 is 18.0 Å². The van der Waals surface area contributed by atoms with E-state index in [1.54, 1.807) is 12.1 Å². The molecule has 11 heteroatoms. The second-order valence-electron chi connectivity index (χ2n) is 10.3. The van der Waals surface area contributed by atoms with E-state index in [4.69, 9.17) is 14.9 Å². The summed E-state index contributed by atoms with van der Waals surface area (Å²) in [7, 11) is 0. The molecule has 2 aromatic carbocycles. The van der Waals surface area contributed by atoms with Crippen LogP contribution >= 0.6 is 0 Å². The van der Waals surface area contributed by atoms with Crippen LogP contribution in [0.15, 0.2) is 54.6 Å². The van der Waals surface area contributed by atoms with Crippen molar-refractivity contribution in [1.82, 2.24) is 20.9 Å². The normalized spacial score (nSPS) is 11.3. The molecule has 2 amide bonds. The molecule has 0 aliphatic carbocycles. The number of aliphatic carboxylic acids is 2. The lowest BCUT2D eigenvalue weighted by atomic mass is 10.1. The number of hydrogen-bond donors (Lipinski definition) is 5. The number of nitrogens with one attached hydrogen (secondary N) is 3. The van der Waals surface area contributed by atoms with Crippen molar-refractivity contribution in [1.29, 1.82) is 0 Å². The average Bonchev–Trinajstić information content (AvgIpc) is 3.01. The molecule has 0 fully saturated rings. The number of ether oxygens (including phenoxy) is 1. The smallest absolute Gasteiger partial charge is 0.356 e. The highest BCUT2D eigenvalue weighted by Gasteiger charge is 2.27. The Morgan fingerprint density at radius 3 is 2.02 bits per heavy atom. The van der Waals surface area contributed by atoms with Crippen LogP contribution in [0, 0.1) is 6.92 Å². The van der Waals surface area contributed by atoms with Gasteiger partial charge < -0.3 is 35.8 Å². The molecule has 244 valence electrons. The van der Waals surface area contributed by atoms with E-state index in [1.807, 2.05) is 37.3 Å². The van der Waals surface area contributed by atoms with Crippen LogP contribution in [0.2, 0.25) is 0 Å². The quantitative estimate of drug-likeness (QED) is 0.112. The lowest BCUT2D eigenvalue weighted by Gasteiger charge is -2.21. The van der Waals surface area contributed by atoms with Gasteiger partial charge in [-0.15, -0.1) is 0 Å². The van der Waals surface area contributed by atoms with Crippen LogP contribution in [0.1, 0.15) is 57.6 Å². The number of rotatable bonds is 20. The Kier molecular flexibility index (Phi) is 19.5. The molecule has 0 heterocycles. The highest BCUT2D eigenvalue weighted by Crippen LogP contribution is 2.13. The zero-order valence-electron chi connectivity index (χ0n) is 26.5. The van der Waals surface area contributed by atoms with Crippen molar-refractivity contribution in [3.8, 4) is 5.75 Å². The topological polar surface area (TPSA) is 157 Å². The van der Waals surface area contributed by atoms with Crippen LogP contribution in [0.4, 0.5) is 0 Å². The maximum atomic E-state index is 12.7. The van der Waals surface area contributed by atoms with Crippen molar-refractivity contribution in [2.75, 3.05) is 39.3 Å². The first-order valence-corrected chi connectivity index (χ1v) is 15.3. The molecule has 1 atom stereocenters. The molecule has 0 aromatic heterocycles. The van der Waals surface area contributed by atoms with E-state index in [2.05, 4.69) is 41.6 Å². The number of amides is 2. The lowest BCUT2D eigenvalue weighted by molar-refractivity contribution is -0.159. The van der Waals surface area contributed by atoms with E-state index >= 15 is 0 Å². The average molecular weight is 615 g/mol. The molecule has 0 saturated carbocycles. The largest absolute Gasteiger partial charge is 0.478 e. The Morgan fingerprint density at radius 2 is 1.45 bits per heavy atom. The van der Waals surface area contributed by atoms with Crippen LogP contribution in [0.25, 0.3) is 0 Å². The first-order chi connectivity index (χ1) is 21.1. The van der Waals surface area contributed by atoms with Crippen LogP contribution in [0.3, 0.4) is 0 Å². The molecule has 0 unspecified atom stereocenters. The highest BCUT2D eigenvalue weighted by atomic mass is 16.5. The summed E-state index contributed by atoms with van der Waals surface area (Å²) in [6, 6.07) is 16.1. The minimum absolute atomic E-state index is 0.0252. The van der Waals surface area contributed by atoms with Gasteiger partial charge in [0.2, 0.25) is 11.8 Å². The van der Waals surface area contributed by atoms with E-state index in [0.29, 0.717) is 13.0 Å². The summed E-state index contributed by atoms with van der Waals surface area (Å²) >= 11 is 0. The van der Waals surface area contributed by atoms with E-state index in [-0.39, 0.29) is 30.2 Å². The molecule has 5 N–H and O–H groups in total. The molecular weight excluding hydrogens is 564 g/mol. The molecule has 2 rings (SSSR count). The van der Waals surface area contributed by atoms with Gasteiger partial charge >= 0.3 is 11.9 Å². The number of unbranched alkanes of at least 4 members (excludes halogenated alkanes) is 2. The van der Waals surface area contributed by atoms with E-state index in [1.165, 1.54) is 12.1 Å². The van der Waals surface area contributed by atoms with Crippen LogP contribution < -0.4 is 20.7 Å². The fraction of sp³-hybridized carbons (Fsp3) is 0.515. The Hall–Kier alpha value is -3.96. The first kappa shape index (κ1) is 38.1. The third-order valence-electron chi connectivity index (χ3n) is 6.78. The maximum Gasteiger partial charge on any atom is 0.356 e. The summed E-state index contributed by atoms with van der Waals surface area (Å²) < 4.78 is 4.79. The van der Waals surface area contributed by atoms with Gasteiger partial charge in [-0.05, 0) is 70.1 Å². The predicted octanol–water partition coefficient (Wildman–Crippen LogP) is 3.25. The Bertz CT molecular complexity index is 1090. The van der Waals surface area contributed by atoms with Crippen molar-refractivity contribution < 1.29 is 34.1 Å². The summed E-state index contributed by atoms with van der Waals surface area (Å²) in [6.07, 6.45) is 2.92. The Labute approximate surface area is 261 Å². The summed E-state index contributed by atoms with van der Waals surface area (Å²) in [5.74, 6) is -3.09. The van der Waals surface area contributed by atoms with Crippen LogP contribution in [-0.2, 0) is 25.6 Å². The van der Waals surface area contributed by atoms with Gasteiger partial charge in [-0.25, -0.2) is 9.59 Å². The Morgan fingerprint density at radius 1 is 0.818 bits per heavy atom. The molecule has 0 saturated heterocycles. The van der Waals surface area contributed by atoms with Crippen molar-refractivity contribution in [3.63, 3.8) is 0 Å². The van der Waals surface area contributed by atoms with Crippen molar-refractivity contribution in [2.45, 2.75) is 71.9 Å². The number of nitrogens with zero attached hydrogens (tertiary/aromatic N) is 1. The highest BCUT2D eigenvalue weighted by molar-refractivity contribution is 5.96. The third-order valence-corrected chi connectivity index (χ3v) is 6.78. The molecule has 11 nitrogen and oxygen atoms in total. The summed E-state index contributed by atoms with van der Waals surface area (Å²) in [6.45, 7) is 12.9. The zero-order valence-corrected chi connectivity index (χ0v) is 26.5. The van der Waals surface area contributed by atoms with Gasteiger partial charge in [0.25, 0.3) is 6.10 Å². The fourth-order valence-corrected chi connectivity index (χ4v) is 4.14. The first-order valence-electron chi connectivity index (χ1n) is 15.3. The van der Waals surface area contributed by atoms with Gasteiger partial charge in [-0.1, -0.05) is 81.6 Å². The van der Waals surface area contributed by atoms with Crippen LogP contribution in [0.5, 0.6) is 5.75 Å². The summed E-state index contributed by atoms with van der Waals surface area (Å²) in [5, 5.41) is 26.1. The number of carboxylic acids is 2. The van der Waals surface area contributed by atoms with Crippen LogP contribution in [-0.4, -0.2) is 90.3 Å². The number of carboxylic acid groups (broad SMARTS) is 2. The molecule has 0 aliphatic rings. The van der Waals surface area contributed by atoms with Gasteiger partial charge in [-0.2, -0.15) is 0 Å². The summed E-state index contributed by atoms with van der Waals surface area (Å²) in [4.78, 5) is 48.0. The fourth-order valence-electron chi connectivity index (χ4n) is 4.14. The van der Waals surface area contributed by atoms with Gasteiger partial charge in [0.1, 0.15) is 5.75 Å². The number of carbonyl (C=O) groups is 4. The standard InChI is InChI=1S/C23H40N4O2.C10H10O5/c1-4-7-11-15-25-22(28)19-26-23(29)21(18-20-13-9-8-10-14-20)24-16-12-17-27(5-2)6-3;1-6-2-4-7(5-3-6)15-8(9(11)12)10(13)14/h8-10,13-14,21,24H,4-7,11-12,15-19H2,1-3H3,(H,25,28)(H,26,29);2-5,8H,1H3,(H,11,12)(H,13,14)/t21-;/m0./s1. The van der Waals surface area contributed by atoms with Crippen molar-refractivity contribution in [2.24, 2.45) is 0 Å². The monoisotopic (exact) mass is 614 g/mol. The van der Waals surface area contributed by atoms with Gasteiger partial charge in [-0.3, -0.25) is 9.59 Å². The Balaban J connectivity index is 0.000000539. The predicted molar refractivity (Wildman–Crippen MR) is 171 cm³/mol. The summed E-state index contributed by atoms with van der Waals surface area (Å²) in [5.41, 5.74) is 2.08. The minimum Gasteiger partial charge on any atom is -0.478 e. The second kappa shape index (κ2) is 22.6. The maximum absolute atomic E-state index is 12.7. The molecule has 0 spiro atoms. The lowest BCUT2D eigenvalue weighted by Crippen LogP contribution is -2.48. The van der Waals surface area contributed by atoms with E-state index in [9.17, 15) is 19.2 Å². The molecule has 44 heavy (non-hydrogen) atoms. The number of hydrogen-bond acceptors (Lipinski definition) is 7. The minimum atomic E-state index is -1.87. The molecular formula is C33H50N4O7. The van der Waals surface area contributed by atoms with Crippen molar-refractivity contribution >= 4 is 23.8 Å². The van der Waals surface area contributed by atoms with Gasteiger partial charge in [0.05, 0.1) is 12.6 Å². The number of carbonyl (C=O) groups excluding carboxylic acids is 2. The van der Waals surface area contributed by atoms with E-state index in [0.717, 1.165) is 63.0 Å². The molecule has 2 aromatic rings. The van der Waals surface area contributed by atoms with Gasteiger partial charge in [0, 0.05) is 6.54 Å².